The van der Waals surface area contributed by atoms with Gasteiger partial charge in [-0.3, -0.25) is 14.5 Å². The first kappa shape index (κ1) is 23.3. The van der Waals surface area contributed by atoms with E-state index in [1.807, 2.05) is 4.90 Å². The van der Waals surface area contributed by atoms with Gasteiger partial charge in [-0.25, -0.2) is 4.39 Å². The molecule has 4 rings (SSSR count). The van der Waals surface area contributed by atoms with E-state index >= 15 is 0 Å². The van der Waals surface area contributed by atoms with Crippen molar-refractivity contribution in [3.8, 4) is 0 Å². The van der Waals surface area contributed by atoms with Crippen LogP contribution in [-0.4, -0.2) is 60.9 Å². The monoisotopic (exact) mass is 498 g/mol. The minimum atomic E-state index is -1.72. The molecule has 2 aromatic rings. The number of hydrogen-bond donors (Lipinski definition) is 2. The highest BCUT2D eigenvalue weighted by Crippen LogP contribution is 2.46. The van der Waals surface area contributed by atoms with Crippen molar-refractivity contribution in [3.05, 3.63) is 62.3 Å². The molecule has 1 unspecified atom stereocenters. The van der Waals surface area contributed by atoms with Gasteiger partial charge in [-0.2, -0.15) is 0 Å². The number of nitrogens with one attached hydrogen (secondary N) is 2. The molecule has 2 aliphatic rings. The van der Waals surface area contributed by atoms with E-state index in [-0.39, 0.29) is 28.1 Å². The highest BCUT2D eigenvalue weighted by atomic mass is 35.5. The number of halogens is 4. The van der Waals surface area contributed by atoms with Crippen LogP contribution in [0.1, 0.15) is 18.1 Å². The minimum absolute atomic E-state index is 0.0927. The van der Waals surface area contributed by atoms with Crippen LogP contribution in [0.2, 0.25) is 15.1 Å². The van der Waals surface area contributed by atoms with Gasteiger partial charge in [0.2, 0.25) is 5.91 Å². The molecule has 0 radical (unpaired) electrons. The Bertz CT molecular complexity index is 1080. The van der Waals surface area contributed by atoms with Crippen molar-refractivity contribution < 1.29 is 14.0 Å². The first-order chi connectivity index (χ1) is 15.2. The number of amides is 2. The topological polar surface area (TPSA) is 64.7 Å². The third-order valence-electron chi connectivity index (χ3n) is 5.98. The second-order valence-corrected chi connectivity index (χ2v) is 9.15. The normalized spacial score (nSPS) is 21.3. The molecule has 1 fully saturated rings. The van der Waals surface area contributed by atoms with E-state index in [0.717, 1.165) is 38.8 Å². The number of nitrogens with zero attached hydrogens (tertiary/aromatic N) is 2. The van der Waals surface area contributed by atoms with E-state index < -0.39 is 17.3 Å². The highest BCUT2D eigenvalue weighted by Gasteiger charge is 2.51. The van der Waals surface area contributed by atoms with Crippen LogP contribution in [0.15, 0.2) is 30.3 Å². The van der Waals surface area contributed by atoms with Crippen LogP contribution in [0.25, 0.3) is 0 Å². The fraction of sp³-hybridized carbons (Fsp3) is 0.364. The van der Waals surface area contributed by atoms with E-state index in [9.17, 15) is 14.0 Å². The van der Waals surface area contributed by atoms with E-state index in [4.69, 9.17) is 34.8 Å². The first-order valence-corrected chi connectivity index (χ1v) is 11.4. The molecule has 0 bridgehead atoms. The van der Waals surface area contributed by atoms with Crippen LogP contribution >= 0.6 is 34.8 Å². The Balaban J connectivity index is 1.71. The van der Waals surface area contributed by atoms with Crippen LogP contribution in [-0.2, 0) is 15.1 Å². The molecular weight excluding hydrogens is 478 g/mol. The summed E-state index contributed by atoms with van der Waals surface area (Å²) in [5, 5.41) is 5.99. The molecule has 1 saturated heterocycles. The van der Waals surface area contributed by atoms with E-state index in [1.54, 1.807) is 6.07 Å². The number of benzene rings is 2. The predicted octanol–water partition coefficient (Wildman–Crippen LogP) is 3.74. The summed E-state index contributed by atoms with van der Waals surface area (Å²) in [5.74, 6) is -1.64. The minimum Gasteiger partial charge on any atom is -0.333 e. The van der Waals surface area contributed by atoms with E-state index in [2.05, 4.69) is 22.5 Å². The van der Waals surface area contributed by atoms with Gasteiger partial charge in [-0.1, -0.05) is 47.8 Å². The first-order valence-electron chi connectivity index (χ1n) is 10.3. The smallest absolute Gasteiger partial charge is 0.259 e. The lowest BCUT2D eigenvalue weighted by Crippen LogP contribution is -2.56. The second kappa shape index (κ2) is 9.15. The maximum atomic E-state index is 14.4. The van der Waals surface area contributed by atoms with Gasteiger partial charge in [-0.05, 0) is 36.4 Å². The predicted molar refractivity (Wildman–Crippen MR) is 124 cm³/mol. The quantitative estimate of drug-likeness (QED) is 0.658. The molecule has 2 heterocycles. The summed E-state index contributed by atoms with van der Waals surface area (Å²) in [6.45, 7) is 6.37. The number of carbonyl (C=O) groups excluding carboxylic acids is 2. The average Bonchev–Trinajstić information content (AvgIpc) is 3.02. The third-order valence-corrected chi connectivity index (χ3v) is 6.80. The molecule has 6 nitrogen and oxygen atoms in total. The van der Waals surface area contributed by atoms with Crippen molar-refractivity contribution in [1.29, 1.82) is 0 Å². The van der Waals surface area contributed by atoms with Gasteiger partial charge in [0, 0.05) is 36.8 Å². The van der Waals surface area contributed by atoms with Gasteiger partial charge in [0.25, 0.3) is 5.91 Å². The number of likely N-dealkylation sites (N-methyl/N-ethyl adjacent to an activating group) is 1. The summed E-state index contributed by atoms with van der Waals surface area (Å²) in [5.41, 5.74) is -0.826. The second-order valence-electron chi connectivity index (χ2n) is 7.90. The Hall–Kier alpha value is -1.90. The van der Waals surface area contributed by atoms with Gasteiger partial charge in [0.15, 0.2) is 5.54 Å². The molecule has 2 amide bonds. The fourth-order valence-electron chi connectivity index (χ4n) is 4.29. The maximum absolute atomic E-state index is 14.4. The number of piperazine rings is 1. The molecule has 2 aliphatic heterocycles. The van der Waals surface area contributed by atoms with Crippen molar-refractivity contribution in [3.63, 3.8) is 0 Å². The van der Waals surface area contributed by atoms with Gasteiger partial charge in [0.1, 0.15) is 5.82 Å². The van der Waals surface area contributed by atoms with Crippen LogP contribution in [0.5, 0.6) is 0 Å². The number of hydrogen-bond acceptors (Lipinski definition) is 4. The summed E-state index contributed by atoms with van der Waals surface area (Å²) in [4.78, 5) is 30.8. The molecule has 0 aromatic heterocycles. The van der Waals surface area contributed by atoms with Crippen LogP contribution in [0, 0.1) is 5.82 Å². The summed E-state index contributed by atoms with van der Waals surface area (Å²) < 4.78 is 14.4. The van der Waals surface area contributed by atoms with Crippen LogP contribution < -0.4 is 10.6 Å². The van der Waals surface area contributed by atoms with Gasteiger partial charge in [0.05, 0.1) is 22.3 Å². The molecule has 0 aliphatic carbocycles. The van der Waals surface area contributed by atoms with E-state index in [1.165, 1.54) is 18.2 Å². The summed E-state index contributed by atoms with van der Waals surface area (Å²) in [6, 6.07) is 7.02. The molecule has 2 N–H and O–H groups in total. The Kier molecular flexibility index (Phi) is 6.66. The Morgan fingerprint density at radius 1 is 1.09 bits per heavy atom. The summed E-state index contributed by atoms with van der Waals surface area (Å²) in [7, 11) is 0. The Labute approximate surface area is 200 Å². The Morgan fingerprint density at radius 3 is 2.44 bits per heavy atom. The highest BCUT2D eigenvalue weighted by molar-refractivity contribution is 6.37. The summed E-state index contributed by atoms with van der Waals surface area (Å²) >= 11 is 18.5. The lowest BCUT2D eigenvalue weighted by Gasteiger charge is -2.35. The SMILES string of the molecule is CCN1CCN(CC(=O)NC2(c3ccc(Cl)c(F)c3)C(=O)Nc3cc(Cl)cc(Cl)c32)CC1. The molecule has 1 atom stereocenters. The molecular formula is C22H22Cl3FN4O2. The van der Waals surface area contributed by atoms with Crippen molar-refractivity contribution in [2.45, 2.75) is 12.5 Å². The molecule has 2 aromatic carbocycles. The number of carbonyl (C=O) groups is 2. The van der Waals surface area contributed by atoms with Crippen molar-refractivity contribution in [1.82, 2.24) is 15.1 Å². The molecule has 0 saturated carbocycles. The molecule has 32 heavy (non-hydrogen) atoms. The van der Waals surface area contributed by atoms with Crippen LogP contribution in [0.3, 0.4) is 0 Å². The zero-order valence-electron chi connectivity index (χ0n) is 17.4. The van der Waals surface area contributed by atoms with Gasteiger partial charge < -0.3 is 15.5 Å². The molecule has 10 heteroatoms. The van der Waals surface area contributed by atoms with Crippen molar-refractivity contribution >= 4 is 52.3 Å². The van der Waals surface area contributed by atoms with Crippen LogP contribution in [0.4, 0.5) is 10.1 Å². The van der Waals surface area contributed by atoms with Crippen molar-refractivity contribution in [2.75, 3.05) is 44.6 Å². The number of rotatable bonds is 5. The van der Waals surface area contributed by atoms with Crippen molar-refractivity contribution in [2.24, 2.45) is 0 Å². The fourth-order valence-corrected chi connectivity index (χ4v) is 5.05. The maximum Gasteiger partial charge on any atom is 0.259 e. The van der Waals surface area contributed by atoms with E-state index in [0.29, 0.717) is 16.3 Å². The zero-order valence-corrected chi connectivity index (χ0v) is 19.6. The Morgan fingerprint density at radius 2 is 1.78 bits per heavy atom. The largest absolute Gasteiger partial charge is 0.333 e. The zero-order chi connectivity index (χ0) is 23.0. The number of anilines is 1. The van der Waals surface area contributed by atoms with Gasteiger partial charge >= 0.3 is 0 Å². The standard InChI is InChI=1S/C22H22Cl3FN4O2/c1-2-29-5-7-30(8-6-29)12-19(31)28-22(13-3-4-15(24)17(26)9-13)20-16(25)10-14(23)11-18(20)27-21(22)32/h3-4,9-11H,2,5-8,12H2,1H3,(H,27,32)(H,28,31). The average molecular weight is 500 g/mol. The third kappa shape index (κ3) is 4.20. The summed E-state index contributed by atoms with van der Waals surface area (Å²) in [6.07, 6.45) is 0. The number of fused-ring (bicyclic) bond motifs is 1. The molecule has 0 spiro atoms. The van der Waals surface area contributed by atoms with Gasteiger partial charge in [-0.15, -0.1) is 0 Å². The lowest BCUT2D eigenvalue weighted by atomic mass is 9.83. The molecule has 170 valence electrons. The lowest BCUT2D eigenvalue weighted by molar-refractivity contribution is -0.129.